The first-order valence-corrected chi connectivity index (χ1v) is 7.60. The van der Waals surface area contributed by atoms with Gasteiger partial charge in [-0.25, -0.2) is 14.6 Å². The molecule has 130 valence electrons. The second-order valence-corrected chi connectivity index (χ2v) is 5.32. The van der Waals surface area contributed by atoms with Gasteiger partial charge in [-0.15, -0.1) is 0 Å². The highest BCUT2D eigenvalue weighted by Gasteiger charge is 2.06. The van der Waals surface area contributed by atoms with Crippen molar-refractivity contribution in [1.82, 2.24) is 5.43 Å². The third-order valence-corrected chi connectivity index (χ3v) is 3.48. The lowest BCUT2D eigenvalue weighted by Gasteiger charge is -2.10. The second kappa shape index (κ2) is 8.79. The standard InChI is InChI=1S/C17H16ClFN4O2/c1-11(21-20-10-12-3-6-14(19)7-4-12)13-5-8-15(18)16(9-13)22-23-17(24)25-2/h3-10,22H,1-2H3,(H,23,24). The molecule has 6 nitrogen and oxygen atoms in total. The molecule has 8 heteroatoms. The lowest BCUT2D eigenvalue weighted by atomic mass is 10.1. The molecule has 2 aromatic rings. The highest BCUT2D eigenvalue weighted by atomic mass is 35.5. The van der Waals surface area contributed by atoms with E-state index in [-0.39, 0.29) is 5.82 Å². The zero-order valence-electron chi connectivity index (χ0n) is 13.6. The minimum absolute atomic E-state index is 0.307. The van der Waals surface area contributed by atoms with Crippen molar-refractivity contribution in [2.24, 2.45) is 10.2 Å². The van der Waals surface area contributed by atoms with Crippen LogP contribution in [-0.4, -0.2) is 25.1 Å². The highest BCUT2D eigenvalue weighted by molar-refractivity contribution is 6.33. The molecule has 0 fully saturated rings. The maximum absolute atomic E-state index is 12.8. The molecule has 0 aliphatic carbocycles. The highest BCUT2D eigenvalue weighted by Crippen LogP contribution is 2.22. The van der Waals surface area contributed by atoms with Crippen LogP contribution < -0.4 is 10.9 Å². The number of nitrogens with one attached hydrogen (secondary N) is 2. The molecule has 0 bridgehead atoms. The summed E-state index contributed by atoms with van der Waals surface area (Å²) in [5.74, 6) is -0.307. The first-order valence-electron chi connectivity index (χ1n) is 7.22. The predicted octanol–water partition coefficient (Wildman–Crippen LogP) is 4.01. The molecule has 2 N–H and O–H groups in total. The van der Waals surface area contributed by atoms with Crippen LogP contribution >= 0.6 is 11.6 Å². The van der Waals surface area contributed by atoms with Crippen LogP contribution in [0.3, 0.4) is 0 Å². The number of halogens is 2. The number of methoxy groups -OCH3 is 1. The summed E-state index contributed by atoms with van der Waals surface area (Å²) in [6.45, 7) is 1.78. The van der Waals surface area contributed by atoms with Crippen molar-refractivity contribution in [3.8, 4) is 0 Å². The van der Waals surface area contributed by atoms with Gasteiger partial charge in [-0.05, 0) is 42.3 Å². The summed E-state index contributed by atoms with van der Waals surface area (Å²) < 4.78 is 17.3. The Morgan fingerprint density at radius 3 is 2.64 bits per heavy atom. The number of hydrogen-bond donors (Lipinski definition) is 2. The monoisotopic (exact) mass is 362 g/mol. The largest absolute Gasteiger partial charge is 0.452 e. The molecule has 0 aliphatic heterocycles. The Morgan fingerprint density at radius 1 is 1.24 bits per heavy atom. The summed E-state index contributed by atoms with van der Waals surface area (Å²) in [6.07, 6.45) is 0.882. The van der Waals surface area contributed by atoms with Crippen LogP contribution in [0.5, 0.6) is 0 Å². The summed E-state index contributed by atoms with van der Waals surface area (Å²) in [5, 5.41) is 8.51. The number of amides is 1. The molecule has 2 rings (SSSR count). The summed E-state index contributed by atoms with van der Waals surface area (Å²) in [7, 11) is 1.25. The average Bonchev–Trinajstić information content (AvgIpc) is 2.62. The predicted molar refractivity (Wildman–Crippen MR) is 96.8 cm³/mol. The van der Waals surface area contributed by atoms with Crippen molar-refractivity contribution < 1.29 is 13.9 Å². The van der Waals surface area contributed by atoms with Gasteiger partial charge >= 0.3 is 6.09 Å². The molecule has 0 atom stereocenters. The van der Waals surface area contributed by atoms with Gasteiger partial charge in [0.2, 0.25) is 0 Å². The van der Waals surface area contributed by atoms with Gasteiger partial charge in [-0.1, -0.05) is 29.8 Å². The van der Waals surface area contributed by atoms with Gasteiger partial charge in [-0.2, -0.15) is 10.2 Å². The van der Waals surface area contributed by atoms with Gasteiger partial charge in [0.25, 0.3) is 0 Å². The fourth-order valence-electron chi connectivity index (χ4n) is 1.80. The molecule has 0 radical (unpaired) electrons. The molecule has 0 heterocycles. The molecule has 0 saturated carbocycles. The van der Waals surface area contributed by atoms with E-state index in [1.54, 1.807) is 37.3 Å². The van der Waals surface area contributed by atoms with Crippen molar-refractivity contribution in [1.29, 1.82) is 0 Å². The maximum atomic E-state index is 12.8. The lowest BCUT2D eigenvalue weighted by molar-refractivity contribution is 0.173. The van der Waals surface area contributed by atoms with Crippen LogP contribution in [0.25, 0.3) is 0 Å². The van der Waals surface area contributed by atoms with E-state index >= 15 is 0 Å². The summed E-state index contributed by atoms with van der Waals surface area (Å²) in [5.41, 5.74) is 7.61. The van der Waals surface area contributed by atoms with E-state index in [9.17, 15) is 9.18 Å². The topological polar surface area (TPSA) is 75.1 Å². The number of ether oxygens (including phenoxy) is 1. The summed E-state index contributed by atoms with van der Waals surface area (Å²) >= 11 is 6.07. The van der Waals surface area contributed by atoms with E-state index in [1.165, 1.54) is 25.5 Å². The Kier molecular flexibility index (Phi) is 6.47. The number of anilines is 1. The van der Waals surface area contributed by atoms with E-state index in [0.717, 1.165) is 11.1 Å². The second-order valence-electron chi connectivity index (χ2n) is 4.92. The SMILES string of the molecule is COC(=O)NNc1cc(C(C)=NN=Cc2ccc(F)cc2)ccc1Cl. The van der Waals surface area contributed by atoms with Crippen LogP contribution in [0.2, 0.25) is 5.02 Å². The Labute approximate surface area is 149 Å². The van der Waals surface area contributed by atoms with E-state index in [0.29, 0.717) is 16.4 Å². The van der Waals surface area contributed by atoms with Gasteiger partial charge in [-0.3, -0.25) is 5.43 Å². The summed E-state index contributed by atoms with van der Waals surface area (Å²) in [6, 6.07) is 11.1. The van der Waals surface area contributed by atoms with Gasteiger partial charge in [0.05, 0.1) is 29.7 Å². The Morgan fingerprint density at radius 2 is 1.96 bits per heavy atom. The minimum Gasteiger partial charge on any atom is -0.452 e. The van der Waals surface area contributed by atoms with Crippen molar-refractivity contribution in [2.75, 3.05) is 12.5 Å². The smallest absolute Gasteiger partial charge is 0.425 e. The molecule has 0 aromatic heterocycles. The molecular weight excluding hydrogens is 347 g/mol. The van der Waals surface area contributed by atoms with Crippen LogP contribution in [0, 0.1) is 5.82 Å². The zero-order chi connectivity index (χ0) is 18.2. The fraction of sp³-hybridized carbons (Fsp3) is 0.118. The van der Waals surface area contributed by atoms with Crippen LogP contribution in [-0.2, 0) is 4.74 Å². The van der Waals surface area contributed by atoms with E-state index in [4.69, 9.17) is 11.6 Å². The van der Waals surface area contributed by atoms with E-state index in [1.807, 2.05) is 0 Å². The number of carbonyl (C=O) groups excluding carboxylic acids is 1. The Balaban J connectivity index is 2.11. The molecule has 1 amide bonds. The molecular formula is C17H16ClFN4O2. The van der Waals surface area contributed by atoms with E-state index < -0.39 is 6.09 Å². The third-order valence-electron chi connectivity index (χ3n) is 3.15. The quantitative estimate of drug-likeness (QED) is 0.623. The first kappa shape index (κ1) is 18.4. The Hall–Kier alpha value is -2.93. The normalized spacial score (nSPS) is 11.4. The molecule has 2 aromatic carbocycles. The lowest BCUT2D eigenvalue weighted by Crippen LogP contribution is -2.29. The minimum atomic E-state index is -0.643. The van der Waals surface area contributed by atoms with Crippen molar-refractivity contribution in [3.63, 3.8) is 0 Å². The number of rotatable bonds is 5. The fourth-order valence-corrected chi connectivity index (χ4v) is 1.97. The van der Waals surface area contributed by atoms with Crippen LogP contribution in [0.15, 0.2) is 52.7 Å². The maximum Gasteiger partial charge on any atom is 0.425 e. The van der Waals surface area contributed by atoms with Crippen LogP contribution in [0.1, 0.15) is 18.1 Å². The van der Waals surface area contributed by atoms with Crippen LogP contribution in [0.4, 0.5) is 14.9 Å². The molecule has 25 heavy (non-hydrogen) atoms. The van der Waals surface area contributed by atoms with Crippen molar-refractivity contribution in [3.05, 3.63) is 64.4 Å². The number of carbonyl (C=O) groups is 1. The van der Waals surface area contributed by atoms with E-state index in [2.05, 4.69) is 25.8 Å². The van der Waals surface area contributed by atoms with Gasteiger partial charge in [0, 0.05) is 0 Å². The van der Waals surface area contributed by atoms with Gasteiger partial charge in [0.1, 0.15) is 5.82 Å². The number of hydrogen-bond acceptors (Lipinski definition) is 5. The molecule has 0 spiro atoms. The van der Waals surface area contributed by atoms with Gasteiger partial charge < -0.3 is 4.74 Å². The first-order chi connectivity index (χ1) is 12.0. The van der Waals surface area contributed by atoms with Gasteiger partial charge in [0.15, 0.2) is 0 Å². The molecule has 0 unspecified atom stereocenters. The molecule has 0 aliphatic rings. The number of benzene rings is 2. The summed E-state index contributed by atoms with van der Waals surface area (Å²) in [4.78, 5) is 11.1. The number of nitrogens with zero attached hydrogens (tertiary/aromatic N) is 2. The number of hydrazine groups is 1. The Bertz CT molecular complexity index is 807. The average molecular weight is 363 g/mol. The zero-order valence-corrected chi connectivity index (χ0v) is 14.3. The van der Waals surface area contributed by atoms with Crippen molar-refractivity contribution in [2.45, 2.75) is 6.92 Å². The molecule has 0 saturated heterocycles. The third kappa shape index (κ3) is 5.58. The van der Waals surface area contributed by atoms with Crippen molar-refractivity contribution >= 4 is 35.3 Å².